The number of nitrogens with zero attached hydrogens (tertiary/aromatic N) is 16. The van der Waals surface area contributed by atoms with Gasteiger partial charge in [0.1, 0.15) is 44.8 Å². The van der Waals surface area contributed by atoms with Crippen molar-refractivity contribution < 1.29 is 18.8 Å². The summed E-state index contributed by atoms with van der Waals surface area (Å²) in [6.07, 6.45) is 32.3. The number of nitrogens with two attached hydrogens (primary N) is 1. The number of benzene rings is 4. The summed E-state index contributed by atoms with van der Waals surface area (Å²) >= 11 is 4.94. The molecule has 0 saturated carbocycles. The molecule has 24 aromatic rings. The van der Waals surface area contributed by atoms with Gasteiger partial charge in [-0.15, -0.1) is 0 Å². The Hall–Kier alpha value is -17.6. The minimum absolute atomic E-state index is 0.0276. The number of amides is 3. The third kappa shape index (κ3) is 17.9. The number of fused-ring (bicyclic) bond motifs is 8. The molecule has 0 radical (unpaired) electrons. The fourth-order valence-electron chi connectivity index (χ4n) is 16.1. The van der Waals surface area contributed by atoms with Crippen molar-refractivity contribution in [3.05, 3.63) is 265 Å². The molecule has 24 rings (SSSR count). The molecule has 3 amide bonds. The highest BCUT2D eigenvalue weighted by molar-refractivity contribution is 7.08. The summed E-state index contributed by atoms with van der Waals surface area (Å²) in [7, 11) is 0. The van der Waals surface area contributed by atoms with Crippen molar-refractivity contribution >= 4 is 162 Å². The number of carbonyl (C=O) groups excluding carboxylic acids is 3. The van der Waals surface area contributed by atoms with Gasteiger partial charge in [-0.25, -0.2) is 19.9 Å². The summed E-state index contributed by atoms with van der Waals surface area (Å²) < 4.78 is 5.24. The van der Waals surface area contributed by atoms with Gasteiger partial charge in [-0.2, -0.15) is 54.4 Å². The van der Waals surface area contributed by atoms with Gasteiger partial charge in [-0.05, 0) is 174 Å². The first-order chi connectivity index (χ1) is 66.7. The van der Waals surface area contributed by atoms with Gasteiger partial charge >= 0.3 is 0 Å². The SMILES string of the molecule is CC(C)(C)C(=O)Nc1cncc(-c2ccc3[nH]nc(-c4nc5c(-c6ccoc6)cncc5[nH]4)c3c2)c1.CC(C)(C)CC(=O)Nc1cncc(-c2ccc3[nH]nc(-c4nc5c(-c6ccsc6)cncc5[nH]4)c3c2)c1.CCC(=O)Nc1cncc(-c2ccc3[nH]nc(-c4nc5c(-c6ccsc6)cncc5[nH]4)c3c2)c1.Nc1cncc(-c2ccc3[nH]nc(-c4nc5c(-c6ccsc6)cncc5[nH]4)c3c2)c1. The predicted octanol–water partition coefficient (Wildman–Crippen LogP) is 23.0. The highest BCUT2D eigenvalue weighted by atomic mass is 32.1. The van der Waals surface area contributed by atoms with Crippen LogP contribution in [0.1, 0.15) is 61.3 Å². The van der Waals surface area contributed by atoms with Crippen LogP contribution in [0.2, 0.25) is 0 Å². The minimum Gasteiger partial charge on any atom is -0.472 e. The van der Waals surface area contributed by atoms with E-state index in [4.69, 9.17) is 30.1 Å². The van der Waals surface area contributed by atoms with E-state index < -0.39 is 5.41 Å². The third-order valence-corrected chi connectivity index (χ3v) is 24.9. The number of hydrogen-bond donors (Lipinski definition) is 12. The summed E-state index contributed by atoms with van der Waals surface area (Å²) in [4.78, 5) is 104. The van der Waals surface area contributed by atoms with E-state index in [0.29, 0.717) is 64.6 Å². The molecule has 0 saturated heterocycles. The average Bonchev–Trinajstić information content (AvgIpc) is 1.63. The van der Waals surface area contributed by atoms with Crippen LogP contribution >= 0.6 is 34.0 Å². The lowest BCUT2D eigenvalue weighted by molar-refractivity contribution is -0.123. The Morgan fingerprint density at radius 1 is 0.343 bits per heavy atom. The molecular formula is C102H82N28O4S3. The number of H-pyrrole nitrogens is 8. The lowest BCUT2D eigenvalue weighted by Gasteiger charge is -2.17. The highest BCUT2D eigenvalue weighted by Crippen LogP contribution is 2.41. The monoisotopic (exact) mass is 1860 g/mol. The number of rotatable bonds is 17. The highest BCUT2D eigenvalue weighted by Gasteiger charge is 2.26. The standard InChI is InChI=1S/C28H25N7OS.C27H23N7O2.C25H19N7OS.C22H15N7S/c1-28(2,3)10-24(36)31-19-8-18(11-29-12-19)16-4-5-22-20(9-16)26(35-34-22)27-32-23-14-30-13-21(25(23)33-27)17-6-7-37-15-17;1-27(2,3)26(35)30-18-8-17(10-28-11-18)15-4-5-21-19(9-15)24(34-33-21)25-31-22-13-29-12-20(23(22)32-25)16-6-7-36-14-16;1-2-22(33)28-17-7-16(9-26-10-17)14-3-4-20-18(8-14)24(32-31-20)25-29-21-12-27-11-19(23(21)30-25)15-5-6-34-13-15;23-15-5-14(7-24-8-15)12-1-2-18-16(6-12)21(29-28-18)22-26-19-10-25-9-17(20(19)27-22)13-3-4-30-11-13/h4-9,11-15H,10H2,1-3H3,(H,31,36)(H,32,33)(H,34,35);4-14H,1-3H3,(H,30,35)(H,31,32)(H,33,34);3-13H,2H2,1H3,(H,28,33)(H,29,30)(H,31,32);1-11H,23H2,(H,26,27)(H,28,29). The molecule has 0 aliphatic heterocycles. The molecule has 0 spiro atoms. The van der Waals surface area contributed by atoms with Gasteiger partial charge in [0, 0.05) is 146 Å². The second kappa shape index (κ2) is 36.2. The van der Waals surface area contributed by atoms with E-state index in [2.05, 4.69) is 174 Å². The van der Waals surface area contributed by atoms with Crippen LogP contribution < -0.4 is 21.7 Å². The largest absolute Gasteiger partial charge is 0.472 e. The fourth-order valence-corrected chi connectivity index (χ4v) is 18.0. The van der Waals surface area contributed by atoms with E-state index in [-0.39, 0.29) is 23.1 Å². The summed E-state index contributed by atoms with van der Waals surface area (Å²) in [5.74, 6) is 2.53. The number of hydrogen-bond acceptors (Lipinski definition) is 24. The molecule has 0 atom stereocenters. The van der Waals surface area contributed by atoms with Crippen LogP contribution in [0.4, 0.5) is 22.7 Å². The van der Waals surface area contributed by atoms with Gasteiger partial charge in [0.25, 0.3) is 0 Å². The number of aromatic amines is 8. The summed E-state index contributed by atoms with van der Waals surface area (Å²) in [5.41, 5.74) is 36.8. The second-order valence-electron chi connectivity index (χ2n) is 34.8. The van der Waals surface area contributed by atoms with Gasteiger partial charge < -0.3 is 46.0 Å². The van der Waals surface area contributed by atoms with Crippen LogP contribution in [-0.4, -0.2) is 138 Å². The molecular weight excluding hydrogens is 1780 g/mol. The molecule has 0 unspecified atom stereocenters. The second-order valence-corrected chi connectivity index (χ2v) is 37.2. The van der Waals surface area contributed by atoms with E-state index in [0.717, 1.165) is 194 Å². The van der Waals surface area contributed by atoms with Gasteiger partial charge in [0.05, 0.1) is 123 Å². The molecule has 137 heavy (non-hydrogen) atoms. The van der Waals surface area contributed by atoms with E-state index in [1.54, 1.807) is 127 Å². The van der Waals surface area contributed by atoms with Crippen LogP contribution in [0.25, 0.3) is 223 Å². The number of carbonyl (C=O) groups is 3. The van der Waals surface area contributed by atoms with Crippen molar-refractivity contribution in [3.63, 3.8) is 0 Å². The normalized spacial score (nSPS) is 11.6. The van der Waals surface area contributed by atoms with E-state index in [1.807, 2.05) is 163 Å². The number of nitrogens with one attached hydrogen (secondary N) is 11. The Morgan fingerprint density at radius 3 is 0.985 bits per heavy atom. The number of aromatic nitrogens is 24. The number of pyridine rings is 8. The lowest BCUT2D eigenvalue weighted by atomic mass is 9.92. The van der Waals surface area contributed by atoms with Gasteiger partial charge in [0.2, 0.25) is 17.7 Å². The molecule has 13 N–H and O–H groups in total. The van der Waals surface area contributed by atoms with Crippen molar-refractivity contribution in [1.29, 1.82) is 0 Å². The maximum absolute atomic E-state index is 12.4. The van der Waals surface area contributed by atoms with Crippen molar-refractivity contribution in [1.82, 2.24) is 121 Å². The van der Waals surface area contributed by atoms with Crippen molar-refractivity contribution in [2.24, 2.45) is 10.8 Å². The summed E-state index contributed by atoms with van der Waals surface area (Å²) in [6.45, 7) is 13.6. The van der Waals surface area contributed by atoms with Crippen LogP contribution in [-0.2, 0) is 14.4 Å². The van der Waals surface area contributed by atoms with Crippen molar-refractivity contribution in [3.8, 4) is 135 Å². The molecule has 20 aromatic heterocycles. The van der Waals surface area contributed by atoms with Gasteiger partial charge in [0.15, 0.2) is 23.3 Å². The molecule has 4 aromatic carbocycles. The number of furan rings is 1. The van der Waals surface area contributed by atoms with E-state index in [9.17, 15) is 14.4 Å². The number of nitrogen functional groups attached to an aromatic ring is 1. The number of anilines is 4. The van der Waals surface area contributed by atoms with Crippen LogP contribution in [0.3, 0.4) is 0 Å². The first-order valence-corrected chi connectivity index (χ1v) is 46.4. The fraction of sp³-hybridized carbons (Fsp3) is 0.108. The predicted molar refractivity (Wildman–Crippen MR) is 541 cm³/mol. The molecule has 0 aliphatic rings. The summed E-state index contributed by atoms with van der Waals surface area (Å²) in [5, 5.41) is 55.5. The topological polar surface area (TPSA) is 459 Å². The first kappa shape index (κ1) is 86.2. The Bertz CT molecular complexity index is 8620. The van der Waals surface area contributed by atoms with Crippen molar-refractivity contribution in [2.45, 2.75) is 61.3 Å². The molecule has 0 fully saturated rings. The zero-order valence-corrected chi connectivity index (χ0v) is 76.9. The molecule has 20 heterocycles. The number of imidazole rings is 4. The lowest BCUT2D eigenvalue weighted by Crippen LogP contribution is -2.27. The van der Waals surface area contributed by atoms with Crippen LogP contribution in [0, 0.1) is 10.8 Å². The molecule has 0 bridgehead atoms. The van der Waals surface area contributed by atoms with Crippen LogP contribution in [0.5, 0.6) is 0 Å². The maximum Gasteiger partial charge on any atom is 0.229 e. The minimum atomic E-state index is -0.500. The molecule has 35 heteroatoms. The molecule has 672 valence electrons. The summed E-state index contributed by atoms with van der Waals surface area (Å²) in [6, 6.07) is 40.0. The third-order valence-electron chi connectivity index (χ3n) is 22.9. The van der Waals surface area contributed by atoms with E-state index >= 15 is 0 Å². The quantitative estimate of drug-likeness (QED) is 0.0403. The number of thiophene rings is 3. The first-order valence-electron chi connectivity index (χ1n) is 43.5. The Morgan fingerprint density at radius 2 is 0.672 bits per heavy atom. The van der Waals surface area contributed by atoms with Gasteiger partial charge in [-0.1, -0.05) is 72.7 Å². The van der Waals surface area contributed by atoms with Gasteiger partial charge in [-0.3, -0.25) is 74.7 Å². The zero-order valence-electron chi connectivity index (χ0n) is 74.4. The average molecular weight is 1860 g/mol. The van der Waals surface area contributed by atoms with Crippen molar-refractivity contribution in [2.75, 3.05) is 21.7 Å². The Labute approximate surface area is 790 Å². The molecule has 32 nitrogen and oxygen atoms in total. The smallest absolute Gasteiger partial charge is 0.229 e. The van der Waals surface area contributed by atoms with E-state index in [1.165, 1.54) is 0 Å². The Kier molecular flexibility index (Phi) is 22.8. The molecule has 0 aliphatic carbocycles. The van der Waals surface area contributed by atoms with Crippen LogP contribution in [0.15, 0.2) is 270 Å². The Balaban J connectivity index is 0.000000109. The maximum atomic E-state index is 12.4. The zero-order chi connectivity index (χ0) is 93.6.